The lowest BCUT2D eigenvalue weighted by Gasteiger charge is -2.23. The smallest absolute Gasteiger partial charge is 0.290 e. The molecule has 1 aromatic carbocycles. The normalized spacial score (nSPS) is 17.8. The summed E-state index contributed by atoms with van der Waals surface area (Å²) >= 11 is 5.69. The largest absolute Gasteiger partial charge is 0.440 e. The van der Waals surface area contributed by atoms with E-state index in [9.17, 15) is 9.59 Å². The number of para-hydroxylation sites is 1. The van der Waals surface area contributed by atoms with E-state index in [4.69, 9.17) is 16.0 Å². The van der Waals surface area contributed by atoms with E-state index in [1.165, 1.54) is 17.0 Å². The Hall–Kier alpha value is -2.27. The standard InChI is InChI=1S/C16H15ClN2O3/c1-18(16(21)13-7-8-14(17)22-13)12-9-10-19(15(12)20)11-5-3-2-4-6-11/h2-8,12H,9-10H2,1H3/t12-/m1/s1. The van der Waals surface area contributed by atoms with E-state index in [1.807, 2.05) is 30.3 Å². The summed E-state index contributed by atoms with van der Waals surface area (Å²) in [6.45, 7) is 0.587. The Kier molecular flexibility index (Phi) is 3.90. The summed E-state index contributed by atoms with van der Waals surface area (Å²) in [5, 5.41) is 0.153. The van der Waals surface area contributed by atoms with Gasteiger partial charge in [0.05, 0.1) is 0 Å². The molecule has 22 heavy (non-hydrogen) atoms. The number of furan rings is 1. The maximum Gasteiger partial charge on any atom is 0.290 e. The highest BCUT2D eigenvalue weighted by atomic mass is 35.5. The molecule has 1 fully saturated rings. The lowest BCUT2D eigenvalue weighted by molar-refractivity contribution is -0.120. The summed E-state index contributed by atoms with van der Waals surface area (Å²) in [6.07, 6.45) is 0.588. The van der Waals surface area contributed by atoms with E-state index >= 15 is 0 Å². The van der Waals surface area contributed by atoms with Gasteiger partial charge in [-0.2, -0.15) is 0 Å². The Bertz CT molecular complexity index is 698. The zero-order valence-electron chi connectivity index (χ0n) is 12.0. The third-order valence-electron chi connectivity index (χ3n) is 3.82. The molecule has 6 heteroatoms. The highest BCUT2D eigenvalue weighted by molar-refractivity contribution is 6.29. The van der Waals surface area contributed by atoms with Gasteiger partial charge >= 0.3 is 0 Å². The third kappa shape index (κ3) is 2.60. The molecular formula is C16H15ClN2O3. The van der Waals surface area contributed by atoms with E-state index in [-0.39, 0.29) is 22.8 Å². The molecule has 2 amide bonds. The van der Waals surface area contributed by atoms with Crippen molar-refractivity contribution in [3.8, 4) is 0 Å². The van der Waals surface area contributed by atoms with Crippen molar-refractivity contribution in [3.05, 3.63) is 53.4 Å². The molecule has 0 unspecified atom stereocenters. The number of anilines is 1. The molecule has 0 spiro atoms. The quantitative estimate of drug-likeness (QED) is 0.874. The Morgan fingerprint density at radius 1 is 1.27 bits per heavy atom. The van der Waals surface area contributed by atoms with Crippen LogP contribution in [-0.4, -0.2) is 36.3 Å². The van der Waals surface area contributed by atoms with Gasteiger partial charge in [0, 0.05) is 19.3 Å². The molecule has 114 valence electrons. The van der Waals surface area contributed by atoms with Crippen LogP contribution < -0.4 is 4.90 Å². The predicted molar refractivity (Wildman–Crippen MR) is 83.0 cm³/mol. The first-order chi connectivity index (χ1) is 10.6. The monoisotopic (exact) mass is 318 g/mol. The fraction of sp³-hybridized carbons (Fsp3) is 0.250. The Morgan fingerprint density at radius 2 is 2.00 bits per heavy atom. The highest BCUT2D eigenvalue weighted by Gasteiger charge is 2.37. The number of halogens is 1. The van der Waals surface area contributed by atoms with E-state index < -0.39 is 6.04 Å². The molecule has 3 rings (SSSR count). The number of amides is 2. The minimum Gasteiger partial charge on any atom is -0.440 e. The predicted octanol–water partition coefficient (Wildman–Crippen LogP) is 2.81. The second kappa shape index (κ2) is 5.85. The van der Waals surface area contributed by atoms with Crippen molar-refractivity contribution in [1.29, 1.82) is 0 Å². The number of hydrogen-bond acceptors (Lipinski definition) is 3. The molecule has 1 saturated heterocycles. The average molecular weight is 319 g/mol. The van der Waals surface area contributed by atoms with Gasteiger partial charge in [-0.1, -0.05) is 18.2 Å². The van der Waals surface area contributed by atoms with E-state index in [0.29, 0.717) is 13.0 Å². The summed E-state index contributed by atoms with van der Waals surface area (Å²) in [6, 6.07) is 12.0. The number of carbonyl (C=O) groups is 2. The van der Waals surface area contributed by atoms with Crippen LogP contribution in [0.3, 0.4) is 0 Å². The fourth-order valence-electron chi connectivity index (χ4n) is 2.63. The van der Waals surface area contributed by atoms with Gasteiger partial charge in [-0.25, -0.2) is 0 Å². The molecule has 0 bridgehead atoms. The van der Waals surface area contributed by atoms with Gasteiger partial charge < -0.3 is 14.2 Å². The van der Waals surface area contributed by atoms with Crippen molar-refractivity contribution in [2.75, 3.05) is 18.5 Å². The van der Waals surface area contributed by atoms with E-state index in [1.54, 1.807) is 11.9 Å². The molecule has 1 aromatic heterocycles. The molecular weight excluding hydrogens is 304 g/mol. The number of carbonyl (C=O) groups excluding carboxylic acids is 2. The van der Waals surface area contributed by atoms with Crippen molar-refractivity contribution in [3.63, 3.8) is 0 Å². The Labute approximate surface area is 133 Å². The third-order valence-corrected chi connectivity index (χ3v) is 4.02. The molecule has 0 radical (unpaired) electrons. The topological polar surface area (TPSA) is 53.8 Å². The summed E-state index contributed by atoms with van der Waals surface area (Å²) in [5.41, 5.74) is 0.844. The van der Waals surface area contributed by atoms with Gasteiger partial charge in [0.1, 0.15) is 6.04 Å². The van der Waals surface area contributed by atoms with E-state index in [2.05, 4.69) is 0 Å². The van der Waals surface area contributed by atoms with Crippen LogP contribution in [0.2, 0.25) is 5.22 Å². The van der Waals surface area contributed by atoms with Crippen LogP contribution in [0.1, 0.15) is 17.0 Å². The van der Waals surface area contributed by atoms with Crippen LogP contribution in [0.5, 0.6) is 0 Å². The first-order valence-electron chi connectivity index (χ1n) is 6.97. The van der Waals surface area contributed by atoms with Gasteiger partial charge in [-0.15, -0.1) is 0 Å². The molecule has 1 aliphatic heterocycles. The SMILES string of the molecule is CN(C(=O)c1ccc(Cl)o1)[C@@H]1CCN(c2ccccc2)C1=O. The van der Waals surface area contributed by atoms with Crippen LogP contribution in [-0.2, 0) is 4.79 Å². The second-order valence-corrected chi connectivity index (χ2v) is 5.52. The minimum absolute atomic E-state index is 0.0836. The minimum atomic E-state index is -0.489. The maximum absolute atomic E-state index is 12.6. The number of likely N-dealkylation sites (N-methyl/N-ethyl adjacent to an activating group) is 1. The fourth-order valence-corrected chi connectivity index (χ4v) is 2.78. The number of benzene rings is 1. The van der Waals surface area contributed by atoms with Gasteiger partial charge in [0.2, 0.25) is 5.91 Å². The molecule has 5 nitrogen and oxygen atoms in total. The molecule has 2 heterocycles. The summed E-state index contributed by atoms with van der Waals surface area (Å²) < 4.78 is 5.12. The molecule has 0 saturated carbocycles. The van der Waals surface area contributed by atoms with Crippen LogP contribution in [0.4, 0.5) is 5.69 Å². The van der Waals surface area contributed by atoms with Gasteiger partial charge in [0.25, 0.3) is 5.91 Å². The molecule has 0 aliphatic carbocycles. The first kappa shape index (κ1) is 14.7. The molecule has 2 aromatic rings. The van der Waals surface area contributed by atoms with Gasteiger partial charge in [-0.3, -0.25) is 9.59 Å². The maximum atomic E-state index is 12.6. The highest BCUT2D eigenvalue weighted by Crippen LogP contribution is 2.25. The molecule has 1 atom stereocenters. The summed E-state index contributed by atoms with van der Waals surface area (Å²) in [7, 11) is 1.61. The lowest BCUT2D eigenvalue weighted by atomic mass is 10.2. The number of rotatable bonds is 3. The summed E-state index contributed by atoms with van der Waals surface area (Å²) in [5.74, 6) is -0.293. The number of nitrogens with zero attached hydrogens (tertiary/aromatic N) is 2. The Balaban J connectivity index is 1.76. The van der Waals surface area contributed by atoms with Crippen molar-refractivity contribution in [2.24, 2.45) is 0 Å². The lowest BCUT2D eigenvalue weighted by Crippen LogP contribution is -2.42. The van der Waals surface area contributed by atoms with Crippen LogP contribution >= 0.6 is 11.6 Å². The van der Waals surface area contributed by atoms with E-state index in [0.717, 1.165) is 5.69 Å². The summed E-state index contributed by atoms with van der Waals surface area (Å²) in [4.78, 5) is 28.0. The Morgan fingerprint density at radius 3 is 2.64 bits per heavy atom. The average Bonchev–Trinajstić information content (AvgIpc) is 3.13. The van der Waals surface area contributed by atoms with Crippen LogP contribution in [0.25, 0.3) is 0 Å². The van der Waals surface area contributed by atoms with Crippen molar-refractivity contribution in [1.82, 2.24) is 4.90 Å². The van der Waals surface area contributed by atoms with Crippen molar-refractivity contribution >= 4 is 29.1 Å². The zero-order chi connectivity index (χ0) is 15.7. The van der Waals surface area contributed by atoms with Crippen LogP contribution in [0.15, 0.2) is 46.9 Å². The van der Waals surface area contributed by atoms with Gasteiger partial charge in [-0.05, 0) is 42.3 Å². The number of hydrogen-bond donors (Lipinski definition) is 0. The van der Waals surface area contributed by atoms with Gasteiger partial charge in [0.15, 0.2) is 11.0 Å². The van der Waals surface area contributed by atoms with Crippen LogP contribution in [0, 0.1) is 0 Å². The molecule has 1 aliphatic rings. The zero-order valence-corrected chi connectivity index (χ0v) is 12.8. The second-order valence-electron chi connectivity index (χ2n) is 5.15. The molecule has 0 N–H and O–H groups in total. The van der Waals surface area contributed by atoms with Crippen molar-refractivity contribution in [2.45, 2.75) is 12.5 Å². The first-order valence-corrected chi connectivity index (χ1v) is 7.34. The van der Waals surface area contributed by atoms with Crippen molar-refractivity contribution < 1.29 is 14.0 Å².